The van der Waals surface area contributed by atoms with Crippen LogP contribution in [-0.4, -0.2) is 6.61 Å². The first kappa shape index (κ1) is 22.0. The van der Waals surface area contributed by atoms with Crippen molar-refractivity contribution in [2.45, 2.75) is 87.5 Å². The van der Waals surface area contributed by atoms with E-state index < -0.39 is 0 Å². The zero-order valence-corrected chi connectivity index (χ0v) is 17.3. The molecule has 0 bridgehead atoms. The Balaban J connectivity index is 0.00000232. The number of rotatable bonds is 6. The molecule has 0 N–H and O–H groups in total. The molecule has 0 aliphatic rings. The van der Waals surface area contributed by atoms with Gasteiger partial charge in [0.15, 0.2) is 0 Å². The lowest BCUT2D eigenvalue weighted by molar-refractivity contribution is 0.279. The van der Waals surface area contributed by atoms with Crippen LogP contribution in [0.5, 0.6) is 5.75 Å². The second-order valence-corrected chi connectivity index (χ2v) is 8.18. The van der Waals surface area contributed by atoms with Crippen molar-refractivity contribution in [3.8, 4) is 5.75 Å². The zero-order chi connectivity index (χ0) is 18.2. The molecule has 0 radical (unpaired) electrons. The van der Waals surface area contributed by atoms with E-state index in [9.17, 15) is 0 Å². The van der Waals surface area contributed by atoms with Gasteiger partial charge in [-0.15, -0.1) is 0 Å². The molecule has 0 fully saturated rings. The third kappa shape index (κ3) is 7.90. The van der Waals surface area contributed by atoms with Crippen LogP contribution in [0.2, 0.25) is 0 Å². The zero-order valence-electron chi connectivity index (χ0n) is 17.3. The number of aryl methyl sites for hydroxylation is 1. The highest BCUT2D eigenvalue weighted by molar-refractivity contribution is 5.48. The van der Waals surface area contributed by atoms with Crippen LogP contribution in [-0.2, 0) is 11.8 Å². The van der Waals surface area contributed by atoms with Gasteiger partial charge in [0.2, 0.25) is 0 Å². The second kappa shape index (κ2) is 10.0. The first-order valence-corrected chi connectivity index (χ1v) is 9.38. The van der Waals surface area contributed by atoms with Crippen molar-refractivity contribution in [3.05, 3.63) is 28.8 Å². The molecule has 0 aliphatic carbocycles. The van der Waals surface area contributed by atoms with Crippen molar-refractivity contribution in [1.82, 2.24) is 0 Å². The molecule has 0 unspecified atom stereocenters. The van der Waals surface area contributed by atoms with E-state index in [0.717, 1.165) is 25.2 Å². The van der Waals surface area contributed by atoms with Crippen molar-refractivity contribution in [1.29, 1.82) is 0 Å². The van der Waals surface area contributed by atoms with Gasteiger partial charge in [0, 0.05) is 5.56 Å². The number of benzene rings is 1. The van der Waals surface area contributed by atoms with Gasteiger partial charge in [-0.05, 0) is 42.6 Å². The van der Waals surface area contributed by atoms with Crippen LogP contribution in [0, 0.1) is 18.8 Å². The van der Waals surface area contributed by atoms with Crippen LogP contribution >= 0.6 is 0 Å². The highest BCUT2D eigenvalue weighted by Crippen LogP contribution is 2.36. The summed E-state index contributed by atoms with van der Waals surface area (Å²) in [5.74, 6) is 2.47. The van der Waals surface area contributed by atoms with Crippen molar-refractivity contribution in [2.75, 3.05) is 6.61 Å². The Morgan fingerprint density at radius 2 is 1.52 bits per heavy atom. The maximum atomic E-state index is 6.26. The summed E-state index contributed by atoms with van der Waals surface area (Å²) < 4.78 is 6.26. The molecule has 0 aliphatic heterocycles. The van der Waals surface area contributed by atoms with Crippen molar-refractivity contribution in [2.24, 2.45) is 11.8 Å². The number of ether oxygens (including phenoxy) is 1. The van der Waals surface area contributed by atoms with E-state index in [1.807, 2.05) is 13.8 Å². The van der Waals surface area contributed by atoms with Gasteiger partial charge < -0.3 is 4.74 Å². The van der Waals surface area contributed by atoms with Crippen molar-refractivity contribution < 1.29 is 4.74 Å². The van der Waals surface area contributed by atoms with Gasteiger partial charge in [0.05, 0.1) is 6.61 Å². The van der Waals surface area contributed by atoms with Crippen LogP contribution in [0.15, 0.2) is 12.1 Å². The molecule has 134 valence electrons. The lowest BCUT2D eigenvalue weighted by Gasteiger charge is -2.26. The summed E-state index contributed by atoms with van der Waals surface area (Å²) in [5, 5.41) is 0. The highest BCUT2D eigenvalue weighted by atomic mass is 16.5. The molecule has 0 amide bonds. The Hall–Kier alpha value is -0.980. The molecule has 23 heavy (non-hydrogen) atoms. The van der Waals surface area contributed by atoms with Gasteiger partial charge in [-0.3, -0.25) is 0 Å². The molecular formula is C22H40O. The van der Waals surface area contributed by atoms with Crippen molar-refractivity contribution in [3.63, 3.8) is 0 Å². The lowest BCUT2D eigenvalue weighted by atomic mass is 9.83. The van der Waals surface area contributed by atoms with Crippen LogP contribution in [0.4, 0.5) is 0 Å². The Morgan fingerprint density at radius 3 is 1.96 bits per heavy atom. The largest absolute Gasteiger partial charge is 0.493 e. The summed E-state index contributed by atoms with van der Waals surface area (Å²) in [4.78, 5) is 0. The Morgan fingerprint density at radius 1 is 0.957 bits per heavy atom. The van der Waals surface area contributed by atoms with E-state index in [2.05, 4.69) is 67.5 Å². The van der Waals surface area contributed by atoms with E-state index in [1.54, 1.807) is 0 Å². The van der Waals surface area contributed by atoms with E-state index in [0.29, 0.717) is 11.8 Å². The molecule has 1 aromatic carbocycles. The van der Waals surface area contributed by atoms with Gasteiger partial charge >= 0.3 is 0 Å². The maximum absolute atomic E-state index is 6.26. The fraction of sp³-hybridized carbons (Fsp3) is 0.727. The van der Waals surface area contributed by atoms with E-state index >= 15 is 0 Å². The first-order valence-electron chi connectivity index (χ1n) is 9.38. The minimum absolute atomic E-state index is 0.116. The van der Waals surface area contributed by atoms with Gasteiger partial charge in [-0.2, -0.15) is 0 Å². The molecule has 0 spiro atoms. The third-order valence-electron chi connectivity index (χ3n) is 3.69. The smallest absolute Gasteiger partial charge is 0.126 e. The van der Waals surface area contributed by atoms with Gasteiger partial charge in [0.25, 0.3) is 0 Å². The molecule has 0 saturated heterocycles. The summed E-state index contributed by atoms with van der Waals surface area (Å²) in [6.45, 7) is 22.9. The standard InChI is InChI=1S/C20H34O.C2H6/c1-14(2)9-10-21-19-17(11-15(3)4)12-16(5)13-18(19)20(6,7)8;1-2/h12-15H,9-11H2,1-8H3;1-2H3. The van der Waals surface area contributed by atoms with Crippen LogP contribution in [0.3, 0.4) is 0 Å². The fourth-order valence-corrected chi connectivity index (χ4v) is 2.56. The molecule has 0 atom stereocenters. The Bertz CT molecular complexity index is 450. The SMILES string of the molecule is CC.Cc1cc(CC(C)C)c(OCCC(C)C)c(C(C)(C)C)c1. The molecule has 1 rings (SSSR count). The van der Waals surface area contributed by atoms with Crippen LogP contribution < -0.4 is 4.74 Å². The average Bonchev–Trinajstić information content (AvgIpc) is 2.40. The molecule has 0 aromatic heterocycles. The summed E-state index contributed by atoms with van der Waals surface area (Å²) in [6, 6.07) is 4.61. The van der Waals surface area contributed by atoms with E-state index in [1.165, 1.54) is 16.7 Å². The molecule has 0 saturated carbocycles. The normalized spacial score (nSPS) is 11.5. The second-order valence-electron chi connectivity index (χ2n) is 8.18. The molecule has 1 nitrogen and oxygen atoms in total. The molecular weight excluding hydrogens is 280 g/mol. The predicted molar refractivity (Wildman–Crippen MR) is 105 cm³/mol. The first-order chi connectivity index (χ1) is 10.6. The summed E-state index contributed by atoms with van der Waals surface area (Å²) in [7, 11) is 0. The topological polar surface area (TPSA) is 9.23 Å². The van der Waals surface area contributed by atoms with Gasteiger partial charge in [-0.25, -0.2) is 0 Å². The van der Waals surface area contributed by atoms with E-state index in [-0.39, 0.29) is 5.41 Å². The molecule has 0 heterocycles. The Labute approximate surface area is 145 Å². The molecule has 1 heteroatoms. The number of hydrogen-bond acceptors (Lipinski definition) is 1. The fourth-order valence-electron chi connectivity index (χ4n) is 2.56. The monoisotopic (exact) mass is 320 g/mol. The lowest BCUT2D eigenvalue weighted by Crippen LogP contribution is -2.16. The third-order valence-corrected chi connectivity index (χ3v) is 3.69. The van der Waals surface area contributed by atoms with E-state index in [4.69, 9.17) is 4.74 Å². The minimum Gasteiger partial charge on any atom is -0.493 e. The number of hydrogen-bond donors (Lipinski definition) is 0. The quantitative estimate of drug-likeness (QED) is 0.551. The average molecular weight is 321 g/mol. The summed E-state index contributed by atoms with van der Waals surface area (Å²) in [6.07, 6.45) is 2.19. The molecule has 1 aromatic rings. The minimum atomic E-state index is 0.116. The highest BCUT2D eigenvalue weighted by Gasteiger charge is 2.22. The van der Waals surface area contributed by atoms with Crippen molar-refractivity contribution >= 4 is 0 Å². The van der Waals surface area contributed by atoms with Gasteiger partial charge in [-0.1, -0.05) is 80.0 Å². The van der Waals surface area contributed by atoms with Gasteiger partial charge in [0.1, 0.15) is 5.75 Å². The van der Waals surface area contributed by atoms with Crippen LogP contribution in [0.1, 0.15) is 85.4 Å². The summed E-state index contributed by atoms with van der Waals surface area (Å²) in [5.41, 5.74) is 4.18. The van der Waals surface area contributed by atoms with Crippen LogP contribution in [0.25, 0.3) is 0 Å². The Kier molecular flexibility index (Phi) is 9.58. The summed E-state index contributed by atoms with van der Waals surface area (Å²) >= 11 is 0. The predicted octanol–water partition coefficient (Wildman–Crippen LogP) is 6.94. The maximum Gasteiger partial charge on any atom is 0.126 e.